The molecule has 1 aromatic rings. The molecule has 1 atom stereocenters. The highest BCUT2D eigenvalue weighted by molar-refractivity contribution is 5.76. The van der Waals surface area contributed by atoms with E-state index < -0.39 is 0 Å². The van der Waals surface area contributed by atoms with Crippen molar-refractivity contribution >= 4 is 5.91 Å². The van der Waals surface area contributed by atoms with Crippen molar-refractivity contribution in [1.82, 2.24) is 10.6 Å². The molecule has 1 aromatic carbocycles. The van der Waals surface area contributed by atoms with Crippen LogP contribution >= 0.6 is 0 Å². The van der Waals surface area contributed by atoms with Crippen molar-refractivity contribution in [2.24, 2.45) is 0 Å². The summed E-state index contributed by atoms with van der Waals surface area (Å²) in [6.45, 7) is 3.95. The molecule has 2 aliphatic rings. The number of carbonyl (C=O) groups is 1. The van der Waals surface area contributed by atoms with Gasteiger partial charge in [-0.05, 0) is 17.7 Å². The number of rotatable bonds is 4. The van der Waals surface area contributed by atoms with Crippen LogP contribution in [0.25, 0.3) is 0 Å². The lowest BCUT2D eigenvalue weighted by atomic mass is 10.1. The molecule has 1 unspecified atom stereocenters. The predicted molar refractivity (Wildman–Crippen MR) is 81.1 cm³/mol. The van der Waals surface area contributed by atoms with Gasteiger partial charge in [0.05, 0.1) is 26.4 Å². The standard InChI is InChI=1S/C16H22N2O4/c19-16(9-13-11-20-7-4-17-13)18-10-12-2-3-14-15(8-12)22-6-1-5-21-14/h2-3,8,13,17H,1,4-7,9-11H2,(H,18,19). The van der Waals surface area contributed by atoms with Gasteiger partial charge in [0, 0.05) is 32.0 Å². The fourth-order valence-electron chi connectivity index (χ4n) is 2.57. The smallest absolute Gasteiger partial charge is 0.221 e. The molecule has 2 N–H and O–H groups in total. The zero-order valence-corrected chi connectivity index (χ0v) is 12.6. The van der Waals surface area contributed by atoms with Crippen molar-refractivity contribution in [3.8, 4) is 11.5 Å². The Kier molecular flexibility index (Phi) is 5.13. The van der Waals surface area contributed by atoms with E-state index in [1.807, 2.05) is 18.2 Å². The van der Waals surface area contributed by atoms with E-state index in [1.54, 1.807) is 0 Å². The molecule has 120 valence electrons. The Labute approximate surface area is 130 Å². The van der Waals surface area contributed by atoms with Gasteiger partial charge in [-0.1, -0.05) is 6.07 Å². The first-order valence-corrected chi connectivity index (χ1v) is 7.77. The number of benzene rings is 1. The van der Waals surface area contributed by atoms with Crippen LogP contribution in [0.5, 0.6) is 11.5 Å². The Morgan fingerprint density at radius 3 is 2.91 bits per heavy atom. The summed E-state index contributed by atoms with van der Waals surface area (Å²) in [5.74, 6) is 1.55. The second kappa shape index (κ2) is 7.47. The van der Waals surface area contributed by atoms with Crippen molar-refractivity contribution in [3.05, 3.63) is 23.8 Å². The largest absolute Gasteiger partial charge is 0.490 e. The van der Waals surface area contributed by atoms with Gasteiger partial charge < -0.3 is 24.8 Å². The molecule has 1 amide bonds. The van der Waals surface area contributed by atoms with Crippen LogP contribution in [0.4, 0.5) is 0 Å². The van der Waals surface area contributed by atoms with Gasteiger partial charge in [-0.2, -0.15) is 0 Å². The summed E-state index contributed by atoms with van der Waals surface area (Å²) in [7, 11) is 0. The molecule has 3 rings (SSSR count). The van der Waals surface area contributed by atoms with E-state index in [0.29, 0.717) is 32.8 Å². The van der Waals surface area contributed by atoms with E-state index in [1.165, 1.54) is 0 Å². The fourth-order valence-corrected chi connectivity index (χ4v) is 2.57. The molecule has 6 nitrogen and oxygen atoms in total. The second-order valence-electron chi connectivity index (χ2n) is 5.54. The van der Waals surface area contributed by atoms with Crippen molar-refractivity contribution in [2.75, 3.05) is 33.0 Å². The molecule has 0 spiro atoms. The number of fused-ring (bicyclic) bond motifs is 1. The Balaban J connectivity index is 1.50. The first kappa shape index (κ1) is 15.1. The third kappa shape index (κ3) is 4.11. The average Bonchev–Trinajstić information content (AvgIpc) is 2.78. The van der Waals surface area contributed by atoms with Crippen molar-refractivity contribution < 1.29 is 19.0 Å². The van der Waals surface area contributed by atoms with Crippen LogP contribution in [0.15, 0.2) is 18.2 Å². The Morgan fingerprint density at radius 2 is 2.09 bits per heavy atom. The van der Waals surface area contributed by atoms with Crippen LogP contribution in [0.3, 0.4) is 0 Å². The molecule has 0 saturated carbocycles. The molecule has 1 saturated heterocycles. The van der Waals surface area contributed by atoms with Gasteiger partial charge in [0.1, 0.15) is 0 Å². The van der Waals surface area contributed by atoms with E-state index in [4.69, 9.17) is 14.2 Å². The molecule has 0 bridgehead atoms. The zero-order valence-electron chi connectivity index (χ0n) is 12.6. The summed E-state index contributed by atoms with van der Waals surface area (Å²) in [5, 5.41) is 6.21. The highest BCUT2D eigenvalue weighted by atomic mass is 16.5. The van der Waals surface area contributed by atoms with E-state index in [0.717, 1.165) is 36.6 Å². The van der Waals surface area contributed by atoms with Crippen LogP contribution in [-0.4, -0.2) is 44.9 Å². The number of morpholine rings is 1. The van der Waals surface area contributed by atoms with Crippen LogP contribution in [-0.2, 0) is 16.1 Å². The summed E-state index contributed by atoms with van der Waals surface area (Å²) >= 11 is 0. The highest BCUT2D eigenvalue weighted by Crippen LogP contribution is 2.30. The number of hydrogen-bond donors (Lipinski definition) is 2. The second-order valence-corrected chi connectivity index (χ2v) is 5.54. The molecule has 0 radical (unpaired) electrons. The van der Waals surface area contributed by atoms with Gasteiger partial charge >= 0.3 is 0 Å². The third-order valence-corrected chi connectivity index (χ3v) is 3.73. The topological polar surface area (TPSA) is 68.8 Å². The lowest BCUT2D eigenvalue weighted by Crippen LogP contribution is -2.44. The maximum Gasteiger partial charge on any atom is 0.221 e. The minimum absolute atomic E-state index is 0.0233. The van der Waals surface area contributed by atoms with Gasteiger partial charge in [0.15, 0.2) is 11.5 Å². The van der Waals surface area contributed by atoms with E-state index in [2.05, 4.69) is 10.6 Å². The first-order valence-electron chi connectivity index (χ1n) is 7.77. The Bertz CT molecular complexity index is 515. The molecule has 0 aliphatic carbocycles. The quantitative estimate of drug-likeness (QED) is 0.863. The number of carbonyl (C=O) groups excluding carboxylic acids is 1. The van der Waals surface area contributed by atoms with Crippen molar-refractivity contribution in [2.45, 2.75) is 25.4 Å². The van der Waals surface area contributed by atoms with E-state index in [9.17, 15) is 4.79 Å². The molecular weight excluding hydrogens is 284 g/mol. The van der Waals surface area contributed by atoms with Crippen LogP contribution < -0.4 is 20.1 Å². The molecule has 0 aromatic heterocycles. The molecule has 1 fully saturated rings. The minimum atomic E-state index is 0.0233. The molecular formula is C16H22N2O4. The molecule has 2 aliphatic heterocycles. The summed E-state index contributed by atoms with van der Waals surface area (Å²) in [5.41, 5.74) is 1.01. The third-order valence-electron chi connectivity index (χ3n) is 3.73. The van der Waals surface area contributed by atoms with Crippen LogP contribution in [0, 0.1) is 0 Å². The summed E-state index contributed by atoms with van der Waals surface area (Å²) < 4.78 is 16.6. The van der Waals surface area contributed by atoms with Crippen molar-refractivity contribution in [1.29, 1.82) is 0 Å². The van der Waals surface area contributed by atoms with Crippen LogP contribution in [0.2, 0.25) is 0 Å². The lowest BCUT2D eigenvalue weighted by Gasteiger charge is -2.23. The minimum Gasteiger partial charge on any atom is -0.490 e. The normalized spacial score (nSPS) is 21.0. The van der Waals surface area contributed by atoms with Gasteiger partial charge in [0.2, 0.25) is 5.91 Å². The Hall–Kier alpha value is -1.79. The maximum absolute atomic E-state index is 12.0. The number of hydrogen-bond acceptors (Lipinski definition) is 5. The van der Waals surface area contributed by atoms with Crippen LogP contribution in [0.1, 0.15) is 18.4 Å². The zero-order chi connectivity index (χ0) is 15.2. The monoisotopic (exact) mass is 306 g/mol. The number of amides is 1. The average molecular weight is 306 g/mol. The lowest BCUT2D eigenvalue weighted by molar-refractivity contribution is -0.122. The highest BCUT2D eigenvalue weighted by Gasteiger charge is 2.17. The van der Waals surface area contributed by atoms with Gasteiger partial charge in [-0.25, -0.2) is 0 Å². The van der Waals surface area contributed by atoms with E-state index >= 15 is 0 Å². The van der Waals surface area contributed by atoms with Gasteiger partial charge in [-0.15, -0.1) is 0 Å². The van der Waals surface area contributed by atoms with Crippen molar-refractivity contribution in [3.63, 3.8) is 0 Å². The summed E-state index contributed by atoms with van der Waals surface area (Å²) in [4.78, 5) is 12.0. The fraction of sp³-hybridized carbons (Fsp3) is 0.562. The first-order chi connectivity index (χ1) is 10.8. The maximum atomic E-state index is 12.0. The summed E-state index contributed by atoms with van der Waals surface area (Å²) in [6, 6.07) is 5.90. The van der Waals surface area contributed by atoms with E-state index in [-0.39, 0.29) is 11.9 Å². The molecule has 6 heteroatoms. The number of ether oxygens (including phenoxy) is 3. The summed E-state index contributed by atoms with van der Waals surface area (Å²) in [6.07, 6.45) is 1.32. The molecule has 2 heterocycles. The van der Waals surface area contributed by atoms with Gasteiger partial charge in [-0.3, -0.25) is 4.79 Å². The predicted octanol–water partition coefficient (Wildman–Crippen LogP) is 0.843. The number of nitrogens with one attached hydrogen (secondary N) is 2. The van der Waals surface area contributed by atoms with Gasteiger partial charge in [0.25, 0.3) is 0 Å². The SMILES string of the molecule is O=C(CC1COCCN1)NCc1ccc2c(c1)OCCCO2. The Morgan fingerprint density at radius 1 is 1.23 bits per heavy atom. The molecule has 22 heavy (non-hydrogen) atoms.